The predicted molar refractivity (Wildman–Crippen MR) is 62.1 cm³/mol. The first-order valence-electron chi connectivity index (χ1n) is 6.24. The fourth-order valence-electron chi connectivity index (χ4n) is 2.04. The minimum absolute atomic E-state index is 0.0572. The summed E-state index contributed by atoms with van der Waals surface area (Å²) in [4.78, 5) is 13.7. The summed E-state index contributed by atoms with van der Waals surface area (Å²) in [5.41, 5.74) is 0. The number of carbonyl (C=O) groups excluding carboxylic acids is 1. The molecule has 0 aliphatic carbocycles. The van der Waals surface area contributed by atoms with E-state index in [1.54, 1.807) is 0 Å². The summed E-state index contributed by atoms with van der Waals surface area (Å²) in [6, 6.07) is 0. The molecule has 1 rings (SSSR count). The molecular formula is C12H23NO3. The van der Waals surface area contributed by atoms with Crippen molar-refractivity contribution in [1.29, 1.82) is 0 Å². The highest BCUT2D eigenvalue weighted by atomic mass is 16.5. The van der Waals surface area contributed by atoms with Crippen LogP contribution in [0.5, 0.6) is 0 Å². The Morgan fingerprint density at radius 3 is 2.56 bits per heavy atom. The number of ether oxygens (including phenoxy) is 1. The average Bonchev–Trinajstić information content (AvgIpc) is 2.30. The van der Waals surface area contributed by atoms with Gasteiger partial charge in [0.05, 0.1) is 18.6 Å². The summed E-state index contributed by atoms with van der Waals surface area (Å²) in [6.07, 6.45) is 2.27. The zero-order chi connectivity index (χ0) is 12.0. The summed E-state index contributed by atoms with van der Waals surface area (Å²) in [6.45, 7) is 6.79. The minimum Gasteiger partial charge on any atom is -0.466 e. The van der Waals surface area contributed by atoms with Gasteiger partial charge in [-0.3, -0.25) is 4.79 Å². The maximum absolute atomic E-state index is 11.5. The maximum atomic E-state index is 11.5. The van der Waals surface area contributed by atoms with Gasteiger partial charge in [-0.25, -0.2) is 0 Å². The number of aliphatic hydroxyl groups is 1. The maximum Gasteiger partial charge on any atom is 0.309 e. The largest absolute Gasteiger partial charge is 0.466 e. The van der Waals surface area contributed by atoms with Gasteiger partial charge in [-0.1, -0.05) is 6.92 Å². The lowest BCUT2D eigenvalue weighted by molar-refractivity contribution is -0.149. The molecule has 0 spiro atoms. The minimum atomic E-state index is -0.237. The number of piperidine rings is 1. The van der Waals surface area contributed by atoms with E-state index in [1.807, 2.05) is 13.8 Å². The Balaban J connectivity index is 2.25. The van der Waals surface area contributed by atoms with Gasteiger partial charge in [-0.2, -0.15) is 0 Å². The van der Waals surface area contributed by atoms with Crippen molar-refractivity contribution in [2.75, 3.05) is 26.2 Å². The van der Waals surface area contributed by atoms with Crippen molar-refractivity contribution >= 4 is 5.97 Å². The van der Waals surface area contributed by atoms with E-state index < -0.39 is 0 Å². The van der Waals surface area contributed by atoms with Crippen molar-refractivity contribution in [3.63, 3.8) is 0 Å². The number of aliphatic hydroxyl groups excluding tert-OH is 1. The van der Waals surface area contributed by atoms with Crippen LogP contribution in [0.15, 0.2) is 0 Å². The van der Waals surface area contributed by atoms with Gasteiger partial charge >= 0.3 is 5.97 Å². The molecule has 16 heavy (non-hydrogen) atoms. The number of carbonyl (C=O) groups is 1. The number of likely N-dealkylation sites (tertiary alicyclic amines) is 1. The fourth-order valence-corrected chi connectivity index (χ4v) is 2.04. The highest BCUT2D eigenvalue weighted by Crippen LogP contribution is 2.18. The van der Waals surface area contributed by atoms with Gasteiger partial charge in [0, 0.05) is 6.54 Å². The van der Waals surface area contributed by atoms with Crippen LogP contribution in [0.4, 0.5) is 0 Å². The number of esters is 1. The highest BCUT2D eigenvalue weighted by molar-refractivity contribution is 5.72. The van der Waals surface area contributed by atoms with Crippen LogP contribution < -0.4 is 0 Å². The van der Waals surface area contributed by atoms with Crippen LogP contribution in [-0.2, 0) is 9.53 Å². The van der Waals surface area contributed by atoms with E-state index in [9.17, 15) is 9.90 Å². The monoisotopic (exact) mass is 229 g/mol. The summed E-state index contributed by atoms with van der Waals surface area (Å²) in [5, 5.41) is 9.54. The van der Waals surface area contributed by atoms with Crippen LogP contribution in [-0.4, -0.2) is 48.3 Å². The van der Waals surface area contributed by atoms with E-state index in [2.05, 4.69) is 4.90 Å². The summed E-state index contributed by atoms with van der Waals surface area (Å²) >= 11 is 0. The first-order valence-corrected chi connectivity index (χ1v) is 6.24. The third-order valence-electron chi connectivity index (χ3n) is 3.15. The number of rotatable bonds is 5. The van der Waals surface area contributed by atoms with Crippen LogP contribution in [0.3, 0.4) is 0 Å². The van der Waals surface area contributed by atoms with Gasteiger partial charge < -0.3 is 14.7 Å². The molecule has 1 aliphatic heterocycles. The van der Waals surface area contributed by atoms with Gasteiger partial charge in [-0.15, -0.1) is 0 Å². The normalized spacial score (nSPS) is 20.7. The molecule has 0 aromatic rings. The van der Waals surface area contributed by atoms with Crippen molar-refractivity contribution in [1.82, 2.24) is 4.90 Å². The molecule has 0 saturated carbocycles. The van der Waals surface area contributed by atoms with Crippen molar-refractivity contribution in [3.05, 3.63) is 0 Å². The molecule has 1 aliphatic rings. The van der Waals surface area contributed by atoms with Gasteiger partial charge in [0.1, 0.15) is 0 Å². The Hall–Kier alpha value is -0.610. The van der Waals surface area contributed by atoms with Crippen LogP contribution in [0.1, 0.15) is 33.1 Å². The molecule has 0 amide bonds. The number of hydrogen-bond acceptors (Lipinski definition) is 4. The van der Waals surface area contributed by atoms with Crippen LogP contribution in [0.2, 0.25) is 0 Å². The third kappa shape index (κ3) is 4.10. The molecular weight excluding hydrogens is 206 g/mol. The number of β-amino-alcohol motifs (C(OH)–C–C–N with tert-alkyl or cyclic N) is 1. The summed E-state index contributed by atoms with van der Waals surface area (Å²) in [7, 11) is 0. The molecule has 94 valence electrons. The SMILES string of the molecule is CCOC(=O)C1CCN(CC(O)CC)CC1. The molecule has 1 heterocycles. The second-order valence-electron chi connectivity index (χ2n) is 4.39. The third-order valence-corrected chi connectivity index (χ3v) is 3.15. The lowest BCUT2D eigenvalue weighted by Crippen LogP contribution is -2.40. The smallest absolute Gasteiger partial charge is 0.309 e. The van der Waals surface area contributed by atoms with E-state index in [-0.39, 0.29) is 18.0 Å². The van der Waals surface area contributed by atoms with Crippen molar-refractivity contribution in [3.8, 4) is 0 Å². The molecule has 4 nitrogen and oxygen atoms in total. The summed E-state index contributed by atoms with van der Waals surface area (Å²) in [5.74, 6) is 0.00755. The molecule has 1 atom stereocenters. The first kappa shape index (κ1) is 13.5. The molecule has 0 radical (unpaired) electrons. The van der Waals surface area contributed by atoms with Crippen molar-refractivity contribution < 1.29 is 14.6 Å². The fraction of sp³-hybridized carbons (Fsp3) is 0.917. The molecule has 1 fully saturated rings. The van der Waals surface area contributed by atoms with Gasteiger partial charge in [-0.05, 0) is 39.3 Å². The topological polar surface area (TPSA) is 49.8 Å². The van der Waals surface area contributed by atoms with E-state index >= 15 is 0 Å². The second-order valence-corrected chi connectivity index (χ2v) is 4.39. The van der Waals surface area contributed by atoms with Crippen LogP contribution >= 0.6 is 0 Å². The number of nitrogens with zero attached hydrogens (tertiary/aromatic N) is 1. The highest BCUT2D eigenvalue weighted by Gasteiger charge is 2.26. The zero-order valence-electron chi connectivity index (χ0n) is 10.3. The molecule has 0 aromatic heterocycles. The first-order chi connectivity index (χ1) is 7.67. The van der Waals surface area contributed by atoms with Crippen molar-refractivity contribution in [2.24, 2.45) is 5.92 Å². The van der Waals surface area contributed by atoms with Gasteiger partial charge in [0.25, 0.3) is 0 Å². The summed E-state index contributed by atoms with van der Waals surface area (Å²) < 4.78 is 5.01. The van der Waals surface area contributed by atoms with E-state index in [4.69, 9.17) is 4.74 Å². The molecule has 1 saturated heterocycles. The Morgan fingerprint density at radius 2 is 2.06 bits per heavy atom. The van der Waals surface area contributed by atoms with Crippen LogP contribution in [0.25, 0.3) is 0 Å². The second kappa shape index (κ2) is 6.86. The van der Waals surface area contributed by atoms with Crippen molar-refractivity contribution in [2.45, 2.75) is 39.2 Å². The van der Waals surface area contributed by atoms with E-state index in [0.717, 1.165) is 38.9 Å². The van der Waals surface area contributed by atoms with E-state index in [1.165, 1.54) is 0 Å². The molecule has 4 heteroatoms. The Morgan fingerprint density at radius 1 is 1.44 bits per heavy atom. The lowest BCUT2D eigenvalue weighted by Gasteiger charge is -2.31. The van der Waals surface area contributed by atoms with Crippen LogP contribution in [0, 0.1) is 5.92 Å². The average molecular weight is 229 g/mol. The quantitative estimate of drug-likeness (QED) is 0.715. The standard InChI is InChI=1S/C12H23NO3/c1-3-11(14)9-13-7-5-10(6-8-13)12(15)16-4-2/h10-11,14H,3-9H2,1-2H3. The number of hydrogen-bond donors (Lipinski definition) is 1. The predicted octanol–water partition coefficient (Wildman–Crippen LogP) is 1.03. The van der Waals surface area contributed by atoms with E-state index in [0.29, 0.717) is 6.61 Å². The van der Waals surface area contributed by atoms with Gasteiger partial charge in [0.2, 0.25) is 0 Å². The van der Waals surface area contributed by atoms with Gasteiger partial charge in [0.15, 0.2) is 0 Å². The molecule has 0 bridgehead atoms. The molecule has 1 N–H and O–H groups in total. The Kier molecular flexibility index (Phi) is 5.77. The lowest BCUT2D eigenvalue weighted by atomic mass is 9.97. The Labute approximate surface area is 97.6 Å². The molecule has 1 unspecified atom stereocenters. The molecule has 0 aromatic carbocycles. The Bertz CT molecular complexity index is 212. The zero-order valence-corrected chi connectivity index (χ0v) is 10.3.